The minimum atomic E-state index is -0.289. The Morgan fingerprint density at radius 3 is 2.89 bits per heavy atom. The van der Waals surface area contributed by atoms with E-state index in [0.717, 1.165) is 6.54 Å². The number of halogens is 1. The molecule has 1 unspecified atom stereocenters. The molecule has 2 N–H and O–H groups in total. The summed E-state index contributed by atoms with van der Waals surface area (Å²) in [5.41, 5.74) is 0. The van der Waals surface area contributed by atoms with Gasteiger partial charge in [-0.05, 0) is 6.92 Å². The Labute approximate surface area is 113 Å². The lowest BCUT2D eigenvalue weighted by Crippen LogP contribution is -2.41. The Morgan fingerprint density at radius 1 is 1.50 bits per heavy atom. The molecule has 1 heterocycles. The molecule has 0 spiro atoms. The second-order valence-corrected chi connectivity index (χ2v) is 3.81. The zero-order valence-corrected chi connectivity index (χ0v) is 11.4. The third-order valence-corrected chi connectivity index (χ3v) is 2.37. The van der Waals surface area contributed by atoms with Crippen molar-refractivity contribution < 1.29 is 19.1 Å². The molecule has 0 saturated carbocycles. The number of hydrogen-bond donors (Lipinski definition) is 2. The third-order valence-electron chi connectivity index (χ3n) is 2.37. The highest BCUT2D eigenvalue weighted by atomic mass is 35.5. The Kier molecular flexibility index (Phi) is 9.63. The molecular weight excluding hydrogens is 260 g/mol. The zero-order valence-electron chi connectivity index (χ0n) is 10.6. The Balaban J connectivity index is 0.00000289. The standard InChI is InChI=1S/C11H20N2O4.ClH/c1-2-16-11(15)3-4-13-10(14)7-9-8-12-5-6-17-9;/h9,12H,2-8H2,1H3,(H,13,14);1H. The Hall–Kier alpha value is -0.850. The van der Waals surface area contributed by atoms with Gasteiger partial charge >= 0.3 is 5.97 Å². The van der Waals surface area contributed by atoms with E-state index in [9.17, 15) is 9.59 Å². The molecule has 1 saturated heterocycles. The average Bonchev–Trinajstić information content (AvgIpc) is 2.30. The number of nitrogens with one attached hydrogen (secondary N) is 2. The van der Waals surface area contributed by atoms with E-state index >= 15 is 0 Å². The summed E-state index contributed by atoms with van der Waals surface area (Å²) in [4.78, 5) is 22.5. The first-order valence-electron chi connectivity index (χ1n) is 5.97. The van der Waals surface area contributed by atoms with Crippen LogP contribution in [0.4, 0.5) is 0 Å². The van der Waals surface area contributed by atoms with Crippen LogP contribution in [0.15, 0.2) is 0 Å². The van der Waals surface area contributed by atoms with Crippen molar-refractivity contribution in [2.45, 2.75) is 25.9 Å². The van der Waals surface area contributed by atoms with Crippen molar-refractivity contribution in [3.63, 3.8) is 0 Å². The van der Waals surface area contributed by atoms with E-state index in [1.165, 1.54) is 0 Å². The summed E-state index contributed by atoms with van der Waals surface area (Å²) in [5, 5.41) is 5.82. The number of esters is 1. The lowest BCUT2D eigenvalue weighted by molar-refractivity contribution is -0.143. The lowest BCUT2D eigenvalue weighted by Gasteiger charge is -2.22. The van der Waals surface area contributed by atoms with E-state index in [0.29, 0.717) is 32.7 Å². The predicted molar refractivity (Wildman–Crippen MR) is 68.7 cm³/mol. The SMILES string of the molecule is CCOC(=O)CCNC(=O)CC1CNCCO1.Cl. The van der Waals surface area contributed by atoms with Crippen LogP contribution in [0, 0.1) is 0 Å². The van der Waals surface area contributed by atoms with Gasteiger partial charge in [0.1, 0.15) is 0 Å². The molecule has 1 rings (SSSR count). The van der Waals surface area contributed by atoms with Gasteiger partial charge in [0.15, 0.2) is 0 Å². The van der Waals surface area contributed by atoms with Gasteiger partial charge < -0.3 is 20.1 Å². The molecule has 18 heavy (non-hydrogen) atoms. The molecule has 0 aromatic rings. The van der Waals surface area contributed by atoms with Gasteiger partial charge in [0.05, 0.1) is 32.2 Å². The van der Waals surface area contributed by atoms with E-state index in [1.807, 2.05) is 0 Å². The molecule has 0 radical (unpaired) electrons. The second kappa shape index (κ2) is 10.1. The van der Waals surface area contributed by atoms with E-state index in [-0.39, 0.29) is 36.8 Å². The fourth-order valence-corrected chi connectivity index (χ4v) is 1.57. The van der Waals surface area contributed by atoms with Crippen LogP contribution in [-0.2, 0) is 19.1 Å². The van der Waals surface area contributed by atoms with Gasteiger partial charge in [-0.15, -0.1) is 12.4 Å². The first-order valence-corrected chi connectivity index (χ1v) is 5.97. The molecule has 0 aromatic carbocycles. The van der Waals surface area contributed by atoms with Crippen molar-refractivity contribution in [2.75, 3.05) is 32.8 Å². The molecule has 6 nitrogen and oxygen atoms in total. The number of carbonyl (C=O) groups excluding carboxylic acids is 2. The summed E-state index contributed by atoms with van der Waals surface area (Å²) >= 11 is 0. The molecular formula is C11H21ClN2O4. The smallest absolute Gasteiger partial charge is 0.307 e. The molecule has 1 fully saturated rings. The summed E-state index contributed by atoms with van der Waals surface area (Å²) < 4.78 is 10.1. The molecule has 0 bridgehead atoms. The van der Waals surface area contributed by atoms with Crippen LogP contribution in [0.25, 0.3) is 0 Å². The number of hydrogen-bond acceptors (Lipinski definition) is 5. The maximum absolute atomic E-state index is 11.5. The van der Waals surface area contributed by atoms with Gasteiger partial charge in [0.2, 0.25) is 5.91 Å². The van der Waals surface area contributed by atoms with Crippen LogP contribution in [0.5, 0.6) is 0 Å². The van der Waals surface area contributed by atoms with Gasteiger partial charge in [0.25, 0.3) is 0 Å². The lowest BCUT2D eigenvalue weighted by atomic mass is 10.2. The van der Waals surface area contributed by atoms with E-state index in [2.05, 4.69) is 10.6 Å². The topological polar surface area (TPSA) is 76.7 Å². The van der Waals surface area contributed by atoms with Gasteiger partial charge in [-0.1, -0.05) is 0 Å². The Morgan fingerprint density at radius 2 is 2.28 bits per heavy atom. The molecule has 106 valence electrons. The van der Waals surface area contributed by atoms with E-state index in [1.54, 1.807) is 6.92 Å². The van der Waals surface area contributed by atoms with Crippen molar-refractivity contribution in [2.24, 2.45) is 0 Å². The third kappa shape index (κ3) is 7.47. The van der Waals surface area contributed by atoms with Crippen LogP contribution >= 0.6 is 12.4 Å². The molecule has 1 amide bonds. The molecule has 1 aliphatic heterocycles. The number of carbonyl (C=O) groups is 2. The molecule has 1 aliphatic rings. The summed E-state index contributed by atoms with van der Waals surface area (Å²) in [7, 11) is 0. The number of ether oxygens (including phenoxy) is 2. The normalized spacial score (nSPS) is 18.6. The van der Waals surface area contributed by atoms with Crippen LogP contribution in [-0.4, -0.2) is 50.8 Å². The summed E-state index contributed by atoms with van der Waals surface area (Å²) in [6.45, 7) is 4.61. The minimum absolute atomic E-state index is 0. The van der Waals surface area contributed by atoms with Gasteiger partial charge in [-0.3, -0.25) is 9.59 Å². The molecule has 7 heteroatoms. The Bertz CT molecular complexity index is 257. The van der Waals surface area contributed by atoms with E-state index in [4.69, 9.17) is 9.47 Å². The van der Waals surface area contributed by atoms with E-state index < -0.39 is 0 Å². The summed E-state index contributed by atoms with van der Waals surface area (Å²) in [6, 6.07) is 0. The maximum Gasteiger partial charge on any atom is 0.307 e. The molecule has 1 atom stereocenters. The van der Waals surface area contributed by atoms with Gasteiger partial charge in [-0.2, -0.15) is 0 Å². The first kappa shape index (κ1) is 17.2. The monoisotopic (exact) mass is 280 g/mol. The average molecular weight is 281 g/mol. The number of morpholine rings is 1. The maximum atomic E-state index is 11.5. The summed E-state index contributed by atoms with van der Waals surface area (Å²) in [5.74, 6) is -0.383. The molecule has 0 aromatic heterocycles. The first-order chi connectivity index (χ1) is 8.22. The van der Waals surface area contributed by atoms with Crippen LogP contribution < -0.4 is 10.6 Å². The van der Waals surface area contributed by atoms with Crippen molar-refractivity contribution in [1.82, 2.24) is 10.6 Å². The fourth-order valence-electron chi connectivity index (χ4n) is 1.57. The van der Waals surface area contributed by atoms with Crippen LogP contribution in [0.1, 0.15) is 19.8 Å². The number of rotatable bonds is 6. The van der Waals surface area contributed by atoms with Gasteiger partial charge in [0, 0.05) is 19.6 Å². The fraction of sp³-hybridized carbons (Fsp3) is 0.818. The highest BCUT2D eigenvalue weighted by molar-refractivity contribution is 5.85. The molecule has 0 aliphatic carbocycles. The largest absolute Gasteiger partial charge is 0.466 e. The quantitative estimate of drug-likeness (QED) is 0.662. The van der Waals surface area contributed by atoms with Gasteiger partial charge in [-0.25, -0.2) is 0 Å². The van der Waals surface area contributed by atoms with Crippen molar-refractivity contribution in [3.05, 3.63) is 0 Å². The minimum Gasteiger partial charge on any atom is -0.466 e. The van der Waals surface area contributed by atoms with Crippen LogP contribution in [0.3, 0.4) is 0 Å². The number of amides is 1. The van der Waals surface area contributed by atoms with Crippen molar-refractivity contribution in [1.29, 1.82) is 0 Å². The van der Waals surface area contributed by atoms with Crippen molar-refractivity contribution in [3.8, 4) is 0 Å². The zero-order chi connectivity index (χ0) is 12.5. The second-order valence-electron chi connectivity index (χ2n) is 3.81. The van der Waals surface area contributed by atoms with Crippen LogP contribution in [0.2, 0.25) is 0 Å². The summed E-state index contributed by atoms with van der Waals surface area (Å²) in [6.07, 6.45) is 0.477. The highest BCUT2D eigenvalue weighted by Gasteiger charge is 2.17. The highest BCUT2D eigenvalue weighted by Crippen LogP contribution is 2.00. The van der Waals surface area contributed by atoms with Crippen molar-refractivity contribution >= 4 is 24.3 Å². The predicted octanol–water partition coefficient (Wildman–Crippen LogP) is -0.144.